The third-order valence-electron chi connectivity index (χ3n) is 2.47. The lowest BCUT2D eigenvalue weighted by molar-refractivity contribution is -0.137. The van der Waals surface area contributed by atoms with Gasteiger partial charge < -0.3 is 11.1 Å². The number of nitrogens with one attached hydrogen (secondary N) is 1. The van der Waals surface area contributed by atoms with E-state index >= 15 is 0 Å². The highest BCUT2D eigenvalue weighted by Gasteiger charge is 2.29. The Morgan fingerprint density at radius 2 is 1.82 bits per heavy atom. The number of alkyl halides is 3. The minimum atomic E-state index is -4.27. The van der Waals surface area contributed by atoms with Gasteiger partial charge in [0.05, 0.1) is 5.56 Å². The van der Waals surface area contributed by atoms with Crippen molar-refractivity contribution in [2.45, 2.75) is 32.0 Å². The number of hydrogen-bond donors (Lipinski definition) is 2. The topological polar surface area (TPSA) is 38.0 Å². The molecule has 0 aliphatic carbocycles. The third-order valence-corrected chi connectivity index (χ3v) is 2.47. The Kier molecular flexibility index (Phi) is 4.81. The average Bonchev–Trinajstić information content (AvgIpc) is 2.26. The second-order valence-electron chi connectivity index (χ2n) is 4.05. The summed E-state index contributed by atoms with van der Waals surface area (Å²) in [5, 5.41) is 3.13. The van der Waals surface area contributed by atoms with Gasteiger partial charge in [-0.1, -0.05) is 0 Å². The van der Waals surface area contributed by atoms with Crippen molar-refractivity contribution in [3.05, 3.63) is 29.8 Å². The molecule has 0 aliphatic heterocycles. The van der Waals surface area contributed by atoms with Gasteiger partial charge in [0.15, 0.2) is 0 Å². The van der Waals surface area contributed by atoms with Crippen molar-refractivity contribution in [1.29, 1.82) is 0 Å². The van der Waals surface area contributed by atoms with Gasteiger partial charge in [-0.15, -0.1) is 0 Å². The summed E-state index contributed by atoms with van der Waals surface area (Å²) in [6.07, 6.45) is -2.48. The van der Waals surface area contributed by atoms with Crippen molar-refractivity contribution in [2.24, 2.45) is 5.73 Å². The lowest BCUT2D eigenvalue weighted by Gasteiger charge is -2.15. The predicted molar refractivity (Wildman–Crippen MR) is 62.8 cm³/mol. The molecule has 0 saturated carbocycles. The van der Waals surface area contributed by atoms with E-state index in [0.717, 1.165) is 25.0 Å². The Balaban J connectivity index is 2.56. The standard InChI is InChI=1S/C12H17F3N2/c1-9(3-2-8-16)17-11-6-4-10(5-7-11)12(13,14)15/h4-7,9,17H,2-3,8,16H2,1H3. The summed E-state index contributed by atoms with van der Waals surface area (Å²) in [5.41, 5.74) is 5.45. The van der Waals surface area contributed by atoms with Gasteiger partial charge in [0.1, 0.15) is 0 Å². The molecule has 17 heavy (non-hydrogen) atoms. The zero-order chi connectivity index (χ0) is 12.9. The van der Waals surface area contributed by atoms with E-state index in [4.69, 9.17) is 5.73 Å². The molecule has 0 spiro atoms. The summed E-state index contributed by atoms with van der Waals surface area (Å²) < 4.78 is 36.9. The molecule has 1 unspecified atom stereocenters. The average molecular weight is 246 g/mol. The Bertz CT molecular complexity index is 333. The van der Waals surface area contributed by atoms with E-state index in [1.165, 1.54) is 12.1 Å². The quantitative estimate of drug-likeness (QED) is 0.837. The van der Waals surface area contributed by atoms with Crippen molar-refractivity contribution >= 4 is 5.69 Å². The number of nitrogens with two attached hydrogens (primary N) is 1. The maximum atomic E-state index is 12.3. The van der Waals surface area contributed by atoms with Crippen LogP contribution in [0.4, 0.5) is 18.9 Å². The maximum Gasteiger partial charge on any atom is 0.416 e. The molecule has 1 aromatic carbocycles. The Hall–Kier alpha value is -1.23. The second-order valence-corrected chi connectivity index (χ2v) is 4.05. The molecular weight excluding hydrogens is 229 g/mol. The highest BCUT2D eigenvalue weighted by molar-refractivity contribution is 5.45. The van der Waals surface area contributed by atoms with Crippen molar-refractivity contribution in [2.75, 3.05) is 11.9 Å². The summed E-state index contributed by atoms with van der Waals surface area (Å²) in [7, 11) is 0. The van der Waals surface area contributed by atoms with Crippen LogP contribution in [0.25, 0.3) is 0 Å². The fourth-order valence-corrected chi connectivity index (χ4v) is 1.54. The van der Waals surface area contributed by atoms with E-state index < -0.39 is 11.7 Å². The molecule has 96 valence electrons. The van der Waals surface area contributed by atoms with Crippen LogP contribution >= 0.6 is 0 Å². The third kappa shape index (κ3) is 4.65. The summed E-state index contributed by atoms with van der Waals surface area (Å²) in [5.74, 6) is 0. The normalized spacial score (nSPS) is 13.5. The summed E-state index contributed by atoms with van der Waals surface area (Å²) >= 11 is 0. The van der Waals surface area contributed by atoms with E-state index in [9.17, 15) is 13.2 Å². The predicted octanol–water partition coefficient (Wildman–Crippen LogP) is 3.24. The lowest BCUT2D eigenvalue weighted by Crippen LogP contribution is -2.16. The fourth-order valence-electron chi connectivity index (χ4n) is 1.54. The Morgan fingerprint density at radius 3 is 2.29 bits per heavy atom. The van der Waals surface area contributed by atoms with Gasteiger partial charge in [0.2, 0.25) is 0 Å². The van der Waals surface area contributed by atoms with Crippen molar-refractivity contribution < 1.29 is 13.2 Å². The highest BCUT2D eigenvalue weighted by Crippen LogP contribution is 2.29. The number of hydrogen-bond acceptors (Lipinski definition) is 2. The summed E-state index contributed by atoms with van der Waals surface area (Å²) in [6.45, 7) is 2.60. The SMILES string of the molecule is CC(CCCN)Nc1ccc(C(F)(F)F)cc1. The molecule has 0 aliphatic rings. The number of halogens is 3. The van der Waals surface area contributed by atoms with Gasteiger partial charge in [-0.25, -0.2) is 0 Å². The van der Waals surface area contributed by atoms with Crippen LogP contribution < -0.4 is 11.1 Å². The van der Waals surface area contributed by atoms with Crippen LogP contribution in [0.2, 0.25) is 0 Å². The molecule has 0 radical (unpaired) electrons. The molecule has 2 nitrogen and oxygen atoms in total. The van der Waals surface area contributed by atoms with Gasteiger partial charge >= 0.3 is 6.18 Å². The van der Waals surface area contributed by atoms with Gasteiger partial charge in [-0.2, -0.15) is 13.2 Å². The van der Waals surface area contributed by atoms with Gasteiger partial charge in [-0.05, 0) is 50.6 Å². The van der Waals surface area contributed by atoms with E-state index in [1.54, 1.807) is 0 Å². The van der Waals surface area contributed by atoms with Gasteiger partial charge in [0, 0.05) is 11.7 Å². The summed E-state index contributed by atoms with van der Waals surface area (Å²) in [6, 6.07) is 5.26. The van der Waals surface area contributed by atoms with E-state index in [1.807, 2.05) is 6.92 Å². The van der Waals surface area contributed by atoms with E-state index in [0.29, 0.717) is 12.2 Å². The first-order valence-corrected chi connectivity index (χ1v) is 5.57. The minimum absolute atomic E-state index is 0.204. The molecule has 0 saturated heterocycles. The molecular formula is C12H17F3N2. The highest BCUT2D eigenvalue weighted by atomic mass is 19.4. The first kappa shape index (κ1) is 13.8. The zero-order valence-corrected chi connectivity index (χ0v) is 9.72. The Morgan fingerprint density at radius 1 is 1.24 bits per heavy atom. The molecule has 1 rings (SSSR count). The van der Waals surface area contributed by atoms with Crippen LogP contribution in [0.15, 0.2) is 24.3 Å². The van der Waals surface area contributed by atoms with E-state index in [2.05, 4.69) is 5.32 Å². The van der Waals surface area contributed by atoms with Crippen LogP contribution in [-0.2, 0) is 6.18 Å². The number of benzene rings is 1. The number of anilines is 1. The van der Waals surface area contributed by atoms with Crippen molar-refractivity contribution in [3.63, 3.8) is 0 Å². The first-order chi connectivity index (χ1) is 7.93. The van der Waals surface area contributed by atoms with Crippen molar-refractivity contribution in [3.8, 4) is 0 Å². The molecule has 0 fully saturated rings. The second kappa shape index (κ2) is 5.91. The molecule has 1 atom stereocenters. The van der Waals surface area contributed by atoms with Crippen molar-refractivity contribution in [1.82, 2.24) is 0 Å². The molecule has 0 aromatic heterocycles. The molecule has 3 N–H and O–H groups in total. The number of rotatable bonds is 5. The lowest BCUT2D eigenvalue weighted by atomic mass is 10.1. The molecule has 0 heterocycles. The van der Waals surface area contributed by atoms with Gasteiger partial charge in [0.25, 0.3) is 0 Å². The van der Waals surface area contributed by atoms with Gasteiger partial charge in [-0.3, -0.25) is 0 Å². The zero-order valence-electron chi connectivity index (χ0n) is 9.72. The minimum Gasteiger partial charge on any atom is -0.383 e. The van der Waals surface area contributed by atoms with Crippen LogP contribution in [0.3, 0.4) is 0 Å². The van der Waals surface area contributed by atoms with E-state index in [-0.39, 0.29) is 6.04 Å². The Labute approximate surface area is 99.0 Å². The molecule has 0 bridgehead atoms. The molecule has 0 amide bonds. The maximum absolute atomic E-state index is 12.3. The first-order valence-electron chi connectivity index (χ1n) is 5.57. The fraction of sp³-hybridized carbons (Fsp3) is 0.500. The van der Waals surface area contributed by atoms with Crippen LogP contribution in [0.5, 0.6) is 0 Å². The van der Waals surface area contributed by atoms with Crippen LogP contribution in [0.1, 0.15) is 25.3 Å². The smallest absolute Gasteiger partial charge is 0.383 e. The molecule has 5 heteroatoms. The largest absolute Gasteiger partial charge is 0.416 e. The van der Waals surface area contributed by atoms with Crippen LogP contribution in [-0.4, -0.2) is 12.6 Å². The monoisotopic (exact) mass is 246 g/mol. The molecule has 1 aromatic rings. The van der Waals surface area contributed by atoms with Crippen LogP contribution in [0, 0.1) is 0 Å². The summed E-state index contributed by atoms with van der Waals surface area (Å²) in [4.78, 5) is 0.